The zero-order valence-corrected chi connectivity index (χ0v) is 14.1. The molecule has 0 aliphatic heterocycles. The van der Waals surface area contributed by atoms with Crippen LogP contribution in [0.5, 0.6) is 5.75 Å². The van der Waals surface area contributed by atoms with Crippen LogP contribution in [0.4, 0.5) is 0 Å². The van der Waals surface area contributed by atoms with Crippen molar-refractivity contribution in [3.63, 3.8) is 0 Å². The highest BCUT2D eigenvalue weighted by atomic mass is 31.1. The van der Waals surface area contributed by atoms with Crippen LogP contribution < -0.4 is 9.41 Å². The van der Waals surface area contributed by atoms with Gasteiger partial charge in [0.2, 0.25) is 5.75 Å². The van der Waals surface area contributed by atoms with E-state index in [2.05, 4.69) is 0 Å². The number of fused-ring (bicyclic) bond motifs is 1. The number of carbonyl (C=O) groups excluding carboxylic acids is 1. The fourth-order valence-corrected chi connectivity index (χ4v) is 3.79. The molecule has 6 nitrogen and oxygen atoms in total. The molecule has 0 spiro atoms. The van der Waals surface area contributed by atoms with Gasteiger partial charge in [0.15, 0.2) is 11.4 Å². The van der Waals surface area contributed by atoms with E-state index in [1.54, 1.807) is 11.9 Å². The van der Waals surface area contributed by atoms with Crippen molar-refractivity contribution in [2.45, 2.75) is 6.61 Å². The molecule has 1 aromatic carbocycles. The second kappa shape index (κ2) is 7.45. The number of ether oxygens (including phenoxy) is 2. The Labute approximate surface area is 139 Å². The first-order valence-electron chi connectivity index (χ1n) is 7.16. The van der Waals surface area contributed by atoms with Crippen LogP contribution in [0.1, 0.15) is 15.7 Å². The van der Waals surface area contributed by atoms with Gasteiger partial charge in [-0.1, -0.05) is 30.3 Å². The van der Waals surface area contributed by atoms with Crippen molar-refractivity contribution in [3.05, 3.63) is 59.3 Å². The van der Waals surface area contributed by atoms with E-state index in [9.17, 15) is 4.79 Å². The highest BCUT2D eigenvalue weighted by Crippen LogP contribution is 2.44. The molecule has 0 fully saturated rings. The summed E-state index contributed by atoms with van der Waals surface area (Å²) in [6, 6.07) is 11.4. The Kier molecular flexibility index (Phi) is 5.11. The molecule has 124 valence electrons. The predicted molar refractivity (Wildman–Crippen MR) is 89.0 cm³/mol. The Morgan fingerprint density at radius 3 is 2.67 bits per heavy atom. The van der Waals surface area contributed by atoms with Crippen LogP contribution in [-0.4, -0.2) is 20.2 Å². The molecule has 0 radical (unpaired) electrons. The average molecular weight is 347 g/mol. The first-order valence-corrected chi connectivity index (χ1v) is 8.49. The van der Waals surface area contributed by atoms with Crippen LogP contribution >= 0.6 is 7.76 Å². The Balaban J connectivity index is 2.08. The highest BCUT2D eigenvalue weighted by molar-refractivity contribution is 7.46. The first kappa shape index (κ1) is 16.5. The van der Waals surface area contributed by atoms with Crippen molar-refractivity contribution < 1.29 is 28.2 Å². The van der Waals surface area contributed by atoms with Crippen molar-refractivity contribution in [3.8, 4) is 5.75 Å². The molecule has 0 N–H and O–H groups in total. The molecule has 3 rings (SSSR count). The Bertz CT molecular complexity index is 843. The Hall–Kier alpha value is -2.40. The number of hydrogen-bond acceptors (Lipinski definition) is 6. The first-order chi connectivity index (χ1) is 11.7. The maximum atomic E-state index is 12.3. The molecule has 0 aliphatic carbocycles. The summed E-state index contributed by atoms with van der Waals surface area (Å²) in [5.74, 6) is 1.55. The standard InChI is InChI=1S/C17H16O6P/c1-19-17(18)16-15(22-10-12-6-4-3-5-7-12)14-13(8-9-21-14)11-24(16)23-20-2/h3-9,11H,10H2,1-2H3/q+1. The lowest BCUT2D eigenvalue weighted by Gasteiger charge is -2.08. The number of furan rings is 1. The zero-order chi connectivity index (χ0) is 16.9. The Morgan fingerprint density at radius 2 is 1.96 bits per heavy atom. The monoisotopic (exact) mass is 347 g/mol. The second-order valence-corrected chi connectivity index (χ2v) is 6.35. The number of esters is 1. The molecule has 2 heterocycles. The van der Waals surface area contributed by atoms with Crippen molar-refractivity contribution >= 4 is 24.7 Å². The van der Waals surface area contributed by atoms with E-state index in [-0.39, 0.29) is 11.9 Å². The van der Waals surface area contributed by atoms with Gasteiger partial charge in [-0.3, -0.25) is 0 Å². The van der Waals surface area contributed by atoms with E-state index in [0.717, 1.165) is 10.9 Å². The van der Waals surface area contributed by atoms with Gasteiger partial charge in [-0.15, -0.1) is 0 Å². The maximum absolute atomic E-state index is 12.3. The largest absolute Gasteiger partial charge is 0.481 e. The summed E-state index contributed by atoms with van der Waals surface area (Å²) in [6.45, 7) is 0.285. The molecule has 3 aromatic rings. The lowest BCUT2D eigenvalue weighted by Crippen LogP contribution is -2.07. The van der Waals surface area contributed by atoms with Crippen molar-refractivity contribution in [1.82, 2.24) is 0 Å². The van der Waals surface area contributed by atoms with Gasteiger partial charge in [-0.25, -0.2) is 4.79 Å². The van der Waals surface area contributed by atoms with Gasteiger partial charge in [0, 0.05) is 0 Å². The minimum Gasteiger partial charge on any atom is -0.481 e. The summed E-state index contributed by atoms with van der Waals surface area (Å²) in [5.41, 5.74) is 1.44. The van der Waals surface area contributed by atoms with Gasteiger partial charge in [0.25, 0.3) is 0 Å². The minimum absolute atomic E-state index is 0.257. The van der Waals surface area contributed by atoms with Gasteiger partial charge >= 0.3 is 19.0 Å². The number of benzene rings is 1. The predicted octanol–water partition coefficient (Wildman–Crippen LogP) is 4.06. The maximum Gasteiger partial charge on any atom is 0.388 e. The molecule has 1 atom stereocenters. The van der Waals surface area contributed by atoms with Crippen LogP contribution in [-0.2, 0) is 16.2 Å². The van der Waals surface area contributed by atoms with Crippen molar-refractivity contribution in [1.29, 1.82) is 0 Å². The van der Waals surface area contributed by atoms with E-state index in [1.165, 1.54) is 20.5 Å². The molecule has 0 amide bonds. The van der Waals surface area contributed by atoms with Gasteiger partial charge < -0.3 is 13.9 Å². The highest BCUT2D eigenvalue weighted by Gasteiger charge is 2.35. The van der Waals surface area contributed by atoms with E-state index in [1.807, 2.05) is 30.3 Å². The van der Waals surface area contributed by atoms with E-state index in [4.69, 9.17) is 23.5 Å². The molecule has 0 bridgehead atoms. The van der Waals surface area contributed by atoms with Crippen LogP contribution in [0.25, 0.3) is 11.0 Å². The van der Waals surface area contributed by atoms with E-state index in [0.29, 0.717) is 11.3 Å². The number of carbonyl (C=O) groups is 1. The molecule has 24 heavy (non-hydrogen) atoms. The van der Waals surface area contributed by atoms with Gasteiger partial charge in [-0.2, -0.15) is 4.89 Å². The van der Waals surface area contributed by atoms with Crippen molar-refractivity contribution in [2.24, 2.45) is 0 Å². The zero-order valence-electron chi connectivity index (χ0n) is 13.2. The number of rotatable bonds is 6. The smallest absolute Gasteiger partial charge is 0.388 e. The summed E-state index contributed by atoms with van der Waals surface area (Å²) in [4.78, 5) is 17.0. The number of methoxy groups -OCH3 is 1. The summed E-state index contributed by atoms with van der Waals surface area (Å²) < 4.78 is 21.6. The third kappa shape index (κ3) is 3.26. The molecule has 0 saturated carbocycles. The van der Waals surface area contributed by atoms with Crippen LogP contribution in [0.15, 0.2) is 52.9 Å². The van der Waals surface area contributed by atoms with E-state index >= 15 is 0 Å². The van der Waals surface area contributed by atoms with Crippen LogP contribution in [0.3, 0.4) is 0 Å². The van der Waals surface area contributed by atoms with E-state index < -0.39 is 13.7 Å². The molecule has 1 unspecified atom stereocenters. The Morgan fingerprint density at radius 1 is 1.17 bits per heavy atom. The quantitative estimate of drug-likeness (QED) is 0.381. The van der Waals surface area contributed by atoms with Crippen LogP contribution in [0, 0.1) is 0 Å². The normalized spacial score (nSPS) is 11.5. The topological polar surface area (TPSA) is 67.1 Å². The third-order valence-electron chi connectivity index (χ3n) is 3.35. The summed E-state index contributed by atoms with van der Waals surface area (Å²) >= 11 is 0. The fraction of sp³-hybridized carbons (Fsp3) is 0.176. The molecular weight excluding hydrogens is 331 g/mol. The summed E-state index contributed by atoms with van der Waals surface area (Å²) in [6.07, 6.45) is 1.54. The lowest BCUT2D eigenvalue weighted by molar-refractivity contribution is -0.126. The third-order valence-corrected chi connectivity index (χ3v) is 5.00. The summed E-state index contributed by atoms with van der Waals surface area (Å²) in [5, 5.41) is 1.04. The van der Waals surface area contributed by atoms with Gasteiger partial charge in [0.1, 0.15) is 6.61 Å². The SMILES string of the molecule is COO[p+]1cc2ccoc2c(OCc2ccccc2)c1C(=O)OC. The average Bonchev–Trinajstić information content (AvgIpc) is 3.08. The van der Waals surface area contributed by atoms with Crippen LogP contribution in [0.2, 0.25) is 0 Å². The molecule has 7 heteroatoms. The van der Waals surface area contributed by atoms with Crippen molar-refractivity contribution in [2.75, 3.05) is 14.2 Å². The van der Waals surface area contributed by atoms with Gasteiger partial charge in [-0.05, 0) is 16.3 Å². The lowest BCUT2D eigenvalue weighted by atomic mass is 10.2. The summed E-state index contributed by atoms with van der Waals surface area (Å²) in [7, 11) is 1.21. The fourth-order valence-electron chi connectivity index (χ4n) is 2.29. The minimum atomic E-state index is -1.49. The molecule has 2 aromatic heterocycles. The molecular formula is C17H16O6P+. The second-order valence-electron chi connectivity index (χ2n) is 4.84. The molecule has 0 aliphatic rings. The number of hydrogen-bond donors (Lipinski definition) is 0. The van der Waals surface area contributed by atoms with Gasteiger partial charge in [0.05, 0.1) is 25.9 Å². The molecule has 0 saturated heterocycles.